The topological polar surface area (TPSA) is 75.4 Å². The highest BCUT2D eigenvalue weighted by molar-refractivity contribution is 5.92. The van der Waals surface area contributed by atoms with Crippen molar-refractivity contribution in [2.24, 2.45) is 11.8 Å². The van der Waals surface area contributed by atoms with E-state index in [0.717, 1.165) is 32.1 Å². The van der Waals surface area contributed by atoms with Gasteiger partial charge in [-0.2, -0.15) is 0 Å². The molecule has 2 amide bonds. The Morgan fingerprint density at radius 3 is 2.60 bits per heavy atom. The van der Waals surface area contributed by atoms with Crippen LogP contribution in [0.2, 0.25) is 0 Å². The fourth-order valence-corrected chi connectivity index (χ4v) is 3.85. The predicted octanol–water partition coefficient (Wildman–Crippen LogP) is 4.21. The van der Waals surface area contributed by atoms with Gasteiger partial charge in [0, 0.05) is 25.1 Å². The number of rotatable bonds is 9. The lowest BCUT2D eigenvalue weighted by atomic mass is 9.88. The molecular weight excluding hydrogens is 378 g/mol. The molecule has 162 valence electrons. The molecule has 1 aliphatic carbocycles. The van der Waals surface area contributed by atoms with Gasteiger partial charge in [-0.1, -0.05) is 68.6 Å². The number of carbonyl (C=O) groups excluding carboxylic acids is 2. The normalized spacial score (nSPS) is 14.6. The Bertz CT molecular complexity index is 810. The monoisotopic (exact) mass is 411 g/mol. The molecule has 6 nitrogen and oxygen atoms in total. The van der Waals surface area contributed by atoms with Gasteiger partial charge in [0.15, 0.2) is 11.5 Å². The molecule has 1 heterocycles. The van der Waals surface area contributed by atoms with E-state index in [0.29, 0.717) is 31.3 Å². The van der Waals surface area contributed by atoms with Crippen molar-refractivity contribution in [3.63, 3.8) is 0 Å². The lowest BCUT2D eigenvalue weighted by Gasteiger charge is -2.28. The van der Waals surface area contributed by atoms with Crippen LogP contribution in [0.15, 0.2) is 40.9 Å². The molecule has 1 aromatic heterocycles. The van der Waals surface area contributed by atoms with Gasteiger partial charge in [-0.05, 0) is 30.7 Å². The average molecular weight is 412 g/mol. The number of hydrogen-bond acceptors (Lipinski definition) is 4. The van der Waals surface area contributed by atoms with Gasteiger partial charge in [0.05, 0.1) is 6.54 Å². The summed E-state index contributed by atoms with van der Waals surface area (Å²) in [5, 5.41) is 6.76. The fourth-order valence-electron chi connectivity index (χ4n) is 3.85. The van der Waals surface area contributed by atoms with E-state index in [4.69, 9.17) is 4.52 Å². The zero-order valence-electron chi connectivity index (χ0n) is 18.1. The molecule has 1 saturated carbocycles. The van der Waals surface area contributed by atoms with E-state index in [-0.39, 0.29) is 23.4 Å². The molecule has 0 aliphatic heterocycles. The zero-order chi connectivity index (χ0) is 21.3. The van der Waals surface area contributed by atoms with Crippen molar-refractivity contribution >= 4 is 11.8 Å². The minimum Gasteiger partial charge on any atom is -0.359 e. The third-order valence-corrected chi connectivity index (χ3v) is 5.59. The first-order valence-electron chi connectivity index (χ1n) is 11.1. The molecule has 1 aromatic carbocycles. The van der Waals surface area contributed by atoms with Gasteiger partial charge in [-0.15, -0.1) is 0 Å². The summed E-state index contributed by atoms with van der Waals surface area (Å²) < 4.78 is 5.41. The van der Waals surface area contributed by atoms with Gasteiger partial charge >= 0.3 is 0 Å². The Labute approximate surface area is 179 Å². The van der Waals surface area contributed by atoms with E-state index in [1.54, 1.807) is 6.07 Å². The highest BCUT2D eigenvalue weighted by Crippen LogP contribution is 2.26. The molecule has 2 aromatic rings. The minimum absolute atomic E-state index is 0.0891. The van der Waals surface area contributed by atoms with Crippen molar-refractivity contribution in [2.45, 2.75) is 58.9 Å². The highest BCUT2D eigenvalue weighted by Gasteiger charge is 2.27. The molecule has 0 radical (unpaired) electrons. The Morgan fingerprint density at radius 2 is 1.90 bits per heavy atom. The van der Waals surface area contributed by atoms with Crippen molar-refractivity contribution in [3.8, 4) is 0 Å². The number of aromatic nitrogens is 1. The van der Waals surface area contributed by atoms with Gasteiger partial charge in [-0.3, -0.25) is 9.59 Å². The van der Waals surface area contributed by atoms with Crippen LogP contribution >= 0.6 is 0 Å². The molecule has 0 spiro atoms. The van der Waals surface area contributed by atoms with Gasteiger partial charge < -0.3 is 14.7 Å². The molecule has 0 bridgehead atoms. The Morgan fingerprint density at radius 1 is 1.17 bits per heavy atom. The number of carbonyl (C=O) groups is 2. The van der Waals surface area contributed by atoms with Crippen molar-refractivity contribution in [1.29, 1.82) is 0 Å². The third-order valence-electron chi connectivity index (χ3n) is 5.59. The van der Waals surface area contributed by atoms with Crippen LogP contribution in [0.1, 0.15) is 67.8 Å². The Kier molecular flexibility index (Phi) is 8.05. The largest absolute Gasteiger partial charge is 0.359 e. The number of amides is 2. The van der Waals surface area contributed by atoms with Gasteiger partial charge in [0.1, 0.15) is 0 Å². The van der Waals surface area contributed by atoms with Gasteiger partial charge in [0.2, 0.25) is 5.91 Å². The molecule has 0 saturated heterocycles. The molecule has 6 heteroatoms. The summed E-state index contributed by atoms with van der Waals surface area (Å²) in [6.45, 7) is 5.62. The standard InChI is InChI=1S/C24H33N3O3/c1-18(2)16-25-23(28)22-15-21(30-26-22)17-27(14-13-19-9-5-3-6-10-19)24(29)20-11-7-4-8-12-20/h3,5-6,9-10,15,18,20H,4,7-8,11-14,16-17H2,1-2H3,(H,25,28). The lowest BCUT2D eigenvalue weighted by molar-refractivity contribution is -0.137. The molecule has 0 unspecified atom stereocenters. The van der Waals surface area contributed by atoms with E-state index >= 15 is 0 Å². The number of benzene rings is 1. The fraction of sp³-hybridized carbons (Fsp3) is 0.542. The lowest BCUT2D eigenvalue weighted by Crippen LogP contribution is -2.37. The molecule has 1 fully saturated rings. The van der Waals surface area contributed by atoms with Crippen LogP contribution in [0.5, 0.6) is 0 Å². The van der Waals surface area contributed by atoms with Crippen molar-refractivity contribution in [2.75, 3.05) is 13.1 Å². The maximum atomic E-state index is 13.2. The van der Waals surface area contributed by atoms with Crippen LogP contribution in [-0.4, -0.2) is 35.0 Å². The molecule has 3 rings (SSSR count). The van der Waals surface area contributed by atoms with Crippen LogP contribution in [0, 0.1) is 11.8 Å². The Balaban J connectivity index is 1.66. The summed E-state index contributed by atoms with van der Waals surface area (Å²) in [4.78, 5) is 27.3. The third kappa shape index (κ3) is 6.44. The van der Waals surface area contributed by atoms with E-state index < -0.39 is 0 Å². The maximum Gasteiger partial charge on any atom is 0.273 e. The van der Waals surface area contributed by atoms with Gasteiger partial charge in [0.25, 0.3) is 5.91 Å². The van der Waals surface area contributed by atoms with E-state index in [1.807, 2.05) is 36.9 Å². The summed E-state index contributed by atoms with van der Waals surface area (Å²) in [7, 11) is 0. The summed E-state index contributed by atoms with van der Waals surface area (Å²) >= 11 is 0. The van der Waals surface area contributed by atoms with E-state index in [2.05, 4.69) is 22.6 Å². The second kappa shape index (κ2) is 11.0. The maximum absolute atomic E-state index is 13.2. The smallest absolute Gasteiger partial charge is 0.273 e. The van der Waals surface area contributed by atoms with E-state index in [1.165, 1.54) is 12.0 Å². The first kappa shape index (κ1) is 22.1. The summed E-state index contributed by atoms with van der Waals surface area (Å²) in [6, 6.07) is 11.8. The molecular formula is C24H33N3O3. The average Bonchev–Trinajstić information content (AvgIpc) is 3.24. The zero-order valence-corrected chi connectivity index (χ0v) is 18.1. The SMILES string of the molecule is CC(C)CNC(=O)c1cc(CN(CCc2ccccc2)C(=O)C2CCCCC2)on1. The van der Waals surface area contributed by atoms with Crippen molar-refractivity contribution in [3.05, 3.63) is 53.4 Å². The summed E-state index contributed by atoms with van der Waals surface area (Å²) in [6.07, 6.45) is 6.15. The quantitative estimate of drug-likeness (QED) is 0.671. The van der Waals surface area contributed by atoms with Gasteiger partial charge in [-0.25, -0.2) is 0 Å². The van der Waals surface area contributed by atoms with E-state index in [9.17, 15) is 9.59 Å². The van der Waals surface area contributed by atoms with Crippen molar-refractivity contribution in [1.82, 2.24) is 15.4 Å². The molecule has 0 atom stereocenters. The predicted molar refractivity (Wildman–Crippen MR) is 116 cm³/mol. The number of nitrogens with one attached hydrogen (secondary N) is 1. The summed E-state index contributed by atoms with van der Waals surface area (Å²) in [5.41, 5.74) is 1.46. The first-order chi connectivity index (χ1) is 14.5. The van der Waals surface area contributed by atoms with Crippen molar-refractivity contribution < 1.29 is 14.1 Å². The first-order valence-corrected chi connectivity index (χ1v) is 11.1. The number of hydrogen-bond donors (Lipinski definition) is 1. The number of nitrogens with zero attached hydrogens (tertiary/aromatic N) is 2. The Hall–Kier alpha value is -2.63. The van der Waals surface area contributed by atoms with Crippen LogP contribution < -0.4 is 5.32 Å². The summed E-state index contributed by atoms with van der Waals surface area (Å²) in [5.74, 6) is 0.941. The molecule has 1 N–H and O–H groups in total. The second-order valence-electron chi connectivity index (χ2n) is 8.61. The second-order valence-corrected chi connectivity index (χ2v) is 8.61. The van der Waals surface area contributed by atoms with Crippen LogP contribution in [0.3, 0.4) is 0 Å². The van der Waals surface area contributed by atoms with Crippen LogP contribution in [-0.2, 0) is 17.8 Å². The van der Waals surface area contributed by atoms with Crippen LogP contribution in [0.4, 0.5) is 0 Å². The molecule has 1 aliphatic rings. The van der Waals surface area contributed by atoms with Crippen LogP contribution in [0.25, 0.3) is 0 Å². The highest BCUT2D eigenvalue weighted by atomic mass is 16.5. The minimum atomic E-state index is -0.242. The molecule has 30 heavy (non-hydrogen) atoms.